The molecule has 1 fully saturated rings. The van der Waals surface area contributed by atoms with E-state index < -0.39 is 12.0 Å². The Bertz CT molecular complexity index is 429. The Labute approximate surface area is 130 Å². The van der Waals surface area contributed by atoms with Gasteiger partial charge in [0.2, 0.25) is 0 Å². The number of benzene rings is 1. The number of nitrogens with one attached hydrogen (secondary N) is 1. The summed E-state index contributed by atoms with van der Waals surface area (Å²) in [4.78, 5) is 13.9. The van der Waals surface area contributed by atoms with Gasteiger partial charge in [0, 0.05) is 31.7 Å². The molecule has 0 spiro atoms. The summed E-state index contributed by atoms with van der Waals surface area (Å²) in [6.45, 7) is 2.99. The number of carbonyl (C=O) groups excluding carboxylic acids is 1. The highest BCUT2D eigenvalue weighted by Crippen LogP contribution is 2.24. The normalized spacial score (nSPS) is 16.5. The highest BCUT2D eigenvalue weighted by atomic mass is 35.5. The first-order valence-corrected chi connectivity index (χ1v) is 6.01. The van der Waals surface area contributed by atoms with Gasteiger partial charge in [0.1, 0.15) is 11.9 Å². The maximum absolute atomic E-state index is 13.8. The second kappa shape index (κ2) is 9.13. The van der Waals surface area contributed by atoms with Crippen molar-refractivity contribution >= 4 is 30.8 Å². The minimum absolute atomic E-state index is 0. The SMILES string of the molecule is COC(=O)C(c1ccccc1F)N1CCNCC1.Cl.Cl. The Hall–Kier alpha value is -0.880. The summed E-state index contributed by atoms with van der Waals surface area (Å²) in [7, 11) is 1.33. The zero-order valence-electron chi connectivity index (χ0n) is 11.2. The van der Waals surface area contributed by atoms with Crippen LogP contribution in [0.15, 0.2) is 24.3 Å². The molecule has 1 saturated heterocycles. The van der Waals surface area contributed by atoms with Crippen LogP contribution in [0, 0.1) is 5.82 Å². The number of ether oxygens (including phenoxy) is 1. The van der Waals surface area contributed by atoms with Crippen molar-refractivity contribution in [2.75, 3.05) is 33.3 Å². The lowest BCUT2D eigenvalue weighted by Crippen LogP contribution is -2.47. The number of hydrogen-bond donors (Lipinski definition) is 1. The van der Waals surface area contributed by atoms with E-state index in [1.165, 1.54) is 13.2 Å². The van der Waals surface area contributed by atoms with Gasteiger partial charge in [0.25, 0.3) is 0 Å². The van der Waals surface area contributed by atoms with Crippen molar-refractivity contribution in [1.29, 1.82) is 0 Å². The molecule has 1 aromatic rings. The molecule has 7 heteroatoms. The lowest BCUT2D eigenvalue weighted by Gasteiger charge is -2.33. The van der Waals surface area contributed by atoms with E-state index in [0.717, 1.165) is 13.1 Å². The fourth-order valence-corrected chi connectivity index (χ4v) is 2.22. The molecule has 4 nitrogen and oxygen atoms in total. The maximum atomic E-state index is 13.8. The van der Waals surface area contributed by atoms with E-state index in [2.05, 4.69) is 5.32 Å². The first-order valence-electron chi connectivity index (χ1n) is 6.01. The van der Waals surface area contributed by atoms with Crippen LogP contribution in [-0.2, 0) is 9.53 Å². The summed E-state index contributed by atoms with van der Waals surface area (Å²) < 4.78 is 18.6. The molecule has 2 rings (SSSR count). The van der Waals surface area contributed by atoms with Gasteiger partial charge < -0.3 is 10.1 Å². The standard InChI is InChI=1S/C13H17FN2O2.2ClH/c1-18-13(17)12(16-8-6-15-7-9-16)10-4-2-3-5-11(10)14;;/h2-5,12,15H,6-9H2,1H3;2*1H. The molecule has 0 aliphatic carbocycles. The number of piperazine rings is 1. The fraction of sp³-hybridized carbons (Fsp3) is 0.462. The van der Waals surface area contributed by atoms with Crippen molar-refractivity contribution in [2.24, 2.45) is 0 Å². The summed E-state index contributed by atoms with van der Waals surface area (Å²) in [5, 5.41) is 3.21. The molecule has 0 aromatic heterocycles. The quantitative estimate of drug-likeness (QED) is 0.861. The first-order chi connectivity index (χ1) is 8.74. The van der Waals surface area contributed by atoms with Gasteiger partial charge in [-0.1, -0.05) is 18.2 Å². The third kappa shape index (κ3) is 4.31. The van der Waals surface area contributed by atoms with Crippen LogP contribution in [0.1, 0.15) is 11.6 Å². The van der Waals surface area contributed by atoms with Crippen LogP contribution >= 0.6 is 24.8 Å². The summed E-state index contributed by atoms with van der Waals surface area (Å²) in [6, 6.07) is 5.70. The van der Waals surface area contributed by atoms with Gasteiger partial charge in [-0.3, -0.25) is 4.90 Å². The summed E-state index contributed by atoms with van der Waals surface area (Å²) in [6.07, 6.45) is 0. The molecule has 1 aliphatic heterocycles. The molecule has 0 bridgehead atoms. The smallest absolute Gasteiger partial charge is 0.327 e. The zero-order chi connectivity index (χ0) is 13.0. The van der Waals surface area contributed by atoms with Gasteiger partial charge in [0.15, 0.2) is 0 Å². The molecule has 1 aromatic carbocycles. The molecule has 1 N–H and O–H groups in total. The summed E-state index contributed by atoms with van der Waals surface area (Å²) >= 11 is 0. The van der Waals surface area contributed by atoms with Crippen LogP contribution in [0.3, 0.4) is 0 Å². The van der Waals surface area contributed by atoms with Crippen LogP contribution in [0.4, 0.5) is 4.39 Å². The van der Waals surface area contributed by atoms with Gasteiger partial charge in [-0.25, -0.2) is 9.18 Å². The average molecular weight is 325 g/mol. The number of hydrogen-bond acceptors (Lipinski definition) is 4. The number of rotatable bonds is 3. The second-order valence-corrected chi connectivity index (χ2v) is 4.23. The molecule has 0 saturated carbocycles. The fourth-order valence-electron chi connectivity index (χ4n) is 2.22. The molecule has 0 amide bonds. The lowest BCUT2D eigenvalue weighted by atomic mass is 10.0. The van der Waals surface area contributed by atoms with E-state index in [4.69, 9.17) is 4.74 Å². The monoisotopic (exact) mass is 324 g/mol. The van der Waals surface area contributed by atoms with Gasteiger partial charge in [0.05, 0.1) is 7.11 Å². The predicted octanol–water partition coefficient (Wildman–Crippen LogP) is 1.79. The largest absolute Gasteiger partial charge is 0.468 e. The van der Waals surface area contributed by atoms with Crippen LogP contribution in [-0.4, -0.2) is 44.2 Å². The topological polar surface area (TPSA) is 41.6 Å². The number of carbonyl (C=O) groups is 1. The Morgan fingerprint density at radius 2 is 1.90 bits per heavy atom. The number of esters is 1. The van der Waals surface area contributed by atoms with Crippen molar-refractivity contribution in [1.82, 2.24) is 10.2 Å². The van der Waals surface area contributed by atoms with Crippen LogP contribution in [0.5, 0.6) is 0 Å². The predicted molar refractivity (Wildman–Crippen MR) is 80.1 cm³/mol. The van der Waals surface area contributed by atoms with Crippen molar-refractivity contribution in [3.8, 4) is 0 Å². The van der Waals surface area contributed by atoms with Crippen molar-refractivity contribution in [2.45, 2.75) is 6.04 Å². The minimum atomic E-state index is -0.654. The van der Waals surface area contributed by atoms with Crippen LogP contribution < -0.4 is 5.32 Å². The highest BCUT2D eigenvalue weighted by Gasteiger charge is 2.31. The molecule has 1 atom stereocenters. The Balaban J connectivity index is 0.00000180. The molecule has 1 unspecified atom stereocenters. The van der Waals surface area contributed by atoms with Gasteiger partial charge >= 0.3 is 5.97 Å². The van der Waals surface area contributed by atoms with E-state index in [1.807, 2.05) is 4.90 Å². The third-order valence-corrected chi connectivity index (χ3v) is 3.14. The van der Waals surface area contributed by atoms with Crippen molar-refractivity contribution in [3.05, 3.63) is 35.6 Å². The van der Waals surface area contributed by atoms with E-state index in [9.17, 15) is 9.18 Å². The maximum Gasteiger partial charge on any atom is 0.327 e. The molecular formula is C13H19Cl2FN2O2. The highest BCUT2D eigenvalue weighted by molar-refractivity contribution is 5.85. The molecule has 0 radical (unpaired) electrons. The zero-order valence-corrected chi connectivity index (χ0v) is 12.8. The average Bonchev–Trinajstić information content (AvgIpc) is 2.42. The Morgan fingerprint density at radius 3 is 2.45 bits per heavy atom. The van der Waals surface area contributed by atoms with Crippen LogP contribution in [0.25, 0.3) is 0 Å². The van der Waals surface area contributed by atoms with Gasteiger partial charge in [-0.2, -0.15) is 0 Å². The first kappa shape index (κ1) is 19.1. The molecule has 114 valence electrons. The summed E-state index contributed by atoms with van der Waals surface area (Å²) in [5.41, 5.74) is 0.381. The molecule has 1 aliphatic rings. The molecule has 20 heavy (non-hydrogen) atoms. The Morgan fingerprint density at radius 1 is 1.30 bits per heavy atom. The number of halogens is 3. The third-order valence-electron chi connectivity index (χ3n) is 3.14. The van der Waals surface area contributed by atoms with E-state index in [1.54, 1.807) is 18.2 Å². The van der Waals surface area contributed by atoms with Crippen molar-refractivity contribution in [3.63, 3.8) is 0 Å². The van der Waals surface area contributed by atoms with Crippen LogP contribution in [0.2, 0.25) is 0 Å². The molecule has 1 heterocycles. The number of nitrogens with zero attached hydrogens (tertiary/aromatic N) is 1. The van der Waals surface area contributed by atoms with E-state index in [-0.39, 0.29) is 30.6 Å². The van der Waals surface area contributed by atoms with Crippen molar-refractivity contribution < 1.29 is 13.9 Å². The Kier molecular flexibility index (Phi) is 8.73. The van der Waals surface area contributed by atoms with E-state index >= 15 is 0 Å². The van der Waals surface area contributed by atoms with E-state index in [0.29, 0.717) is 18.7 Å². The van der Waals surface area contributed by atoms with Gasteiger partial charge in [-0.15, -0.1) is 24.8 Å². The minimum Gasteiger partial charge on any atom is -0.468 e. The number of methoxy groups -OCH3 is 1. The second-order valence-electron chi connectivity index (χ2n) is 4.23. The van der Waals surface area contributed by atoms with Gasteiger partial charge in [-0.05, 0) is 6.07 Å². The molecular weight excluding hydrogens is 306 g/mol. The lowest BCUT2D eigenvalue weighted by molar-refractivity contribution is -0.147. The summed E-state index contributed by atoms with van der Waals surface area (Å²) in [5.74, 6) is -0.784.